The SMILES string of the molecule is CC.Cc1ccc(SOCC2CCC(CBr)O2)cc1. The van der Waals surface area contributed by atoms with E-state index in [1.165, 1.54) is 17.6 Å². The first-order valence-electron chi connectivity index (χ1n) is 6.85. The van der Waals surface area contributed by atoms with Gasteiger partial charge in [-0.2, -0.15) is 0 Å². The lowest BCUT2D eigenvalue weighted by Gasteiger charge is -2.11. The monoisotopic (exact) mass is 346 g/mol. The molecule has 108 valence electrons. The molecule has 1 aliphatic heterocycles. The zero-order valence-corrected chi connectivity index (χ0v) is 14.3. The zero-order chi connectivity index (χ0) is 14.1. The Morgan fingerprint density at radius 3 is 2.42 bits per heavy atom. The van der Waals surface area contributed by atoms with Gasteiger partial charge in [0.25, 0.3) is 0 Å². The van der Waals surface area contributed by atoms with Crippen LogP contribution in [0.3, 0.4) is 0 Å². The molecule has 2 rings (SSSR count). The minimum atomic E-state index is 0.260. The molecular formula is C15H23BrO2S. The van der Waals surface area contributed by atoms with E-state index in [-0.39, 0.29) is 6.10 Å². The van der Waals surface area contributed by atoms with E-state index in [2.05, 4.69) is 47.1 Å². The molecule has 1 aromatic rings. The highest BCUT2D eigenvalue weighted by Gasteiger charge is 2.24. The number of ether oxygens (including phenoxy) is 1. The maximum Gasteiger partial charge on any atom is 0.0881 e. The van der Waals surface area contributed by atoms with Crippen molar-refractivity contribution in [3.8, 4) is 0 Å². The van der Waals surface area contributed by atoms with Gasteiger partial charge >= 0.3 is 0 Å². The molecule has 0 bridgehead atoms. The first kappa shape index (κ1) is 17.0. The van der Waals surface area contributed by atoms with E-state index in [1.54, 1.807) is 0 Å². The van der Waals surface area contributed by atoms with E-state index in [4.69, 9.17) is 8.92 Å². The normalized spacial score (nSPS) is 21.9. The largest absolute Gasteiger partial charge is 0.372 e. The summed E-state index contributed by atoms with van der Waals surface area (Å²) >= 11 is 4.88. The lowest BCUT2D eigenvalue weighted by Crippen LogP contribution is -2.16. The molecule has 1 fully saturated rings. The van der Waals surface area contributed by atoms with E-state index in [9.17, 15) is 0 Å². The topological polar surface area (TPSA) is 18.5 Å². The number of rotatable bonds is 5. The molecule has 0 saturated carbocycles. The summed E-state index contributed by atoms with van der Waals surface area (Å²) in [5.74, 6) is 0. The van der Waals surface area contributed by atoms with Gasteiger partial charge in [0.15, 0.2) is 0 Å². The predicted octanol–water partition coefficient (Wildman–Crippen LogP) is 4.99. The van der Waals surface area contributed by atoms with Gasteiger partial charge in [0, 0.05) is 22.3 Å². The molecule has 1 aliphatic rings. The fourth-order valence-electron chi connectivity index (χ4n) is 1.79. The number of halogens is 1. The molecule has 0 radical (unpaired) electrons. The molecule has 0 spiro atoms. The number of alkyl halides is 1. The van der Waals surface area contributed by atoms with Crippen molar-refractivity contribution in [2.75, 3.05) is 11.9 Å². The van der Waals surface area contributed by atoms with Crippen LogP contribution < -0.4 is 0 Å². The Kier molecular flexibility index (Phi) is 8.79. The van der Waals surface area contributed by atoms with Gasteiger partial charge in [-0.3, -0.25) is 0 Å². The molecule has 0 N–H and O–H groups in total. The van der Waals surface area contributed by atoms with E-state index in [1.807, 2.05) is 13.8 Å². The average Bonchev–Trinajstić information content (AvgIpc) is 2.91. The molecule has 4 heteroatoms. The lowest BCUT2D eigenvalue weighted by molar-refractivity contribution is 0.0338. The van der Waals surface area contributed by atoms with Gasteiger partial charge in [-0.1, -0.05) is 47.5 Å². The number of benzene rings is 1. The molecular weight excluding hydrogens is 324 g/mol. The lowest BCUT2D eigenvalue weighted by atomic mass is 10.2. The van der Waals surface area contributed by atoms with Crippen molar-refractivity contribution in [2.24, 2.45) is 0 Å². The third-order valence-corrected chi connectivity index (χ3v) is 4.24. The second-order valence-corrected chi connectivity index (χ2v) is 5.81. The van der Waals surface area contributed by atoms with Crippen LogP contribution in [0.15, 0.2) is 29.2 Å². The summed E-state index contributed by atoms with van der Waals surface area (Å²) in [6, 6.07) is 8.35. The Hall–Kier alpha value is -0.0300. The molecule has 1 heterocycles. The van der Waals surface area contributed by atoms with Crippen molar-refractivity contribution >= 4 is 28.0 Å². The minimum absolute atomic E-state index is 0.260. The average molecular weight is 347 g/mol. The van der Waals surface area contributed by atoms with Crippen LogP contribution in [0.2, 0.25) is 0 Å². The first-order chi connectivity index (χ1) is 9.28. The smallest absolute Gasteiger partial charge is 0.0881 e. The molecule has 2 nitrogen and oxygen atoms in total. The van der Waals surface area contributed by atoms with E-state index < -0.39 is 0 Å². The zero-order valence-electron chi connectivity index (χ0n) is 11.9. The second kappa shape index (κ2) is 9.81. The summed E-state index contributed by atoms with van der Waals surface area (Å²) in [5, 5.41) is 0.925. The molecule has 0 amide bonds. The van der Waals surface area contributed by atoms with Gasteiger partial charge in [0.2, 0.25) is 0 Å². The van der Waals surface area contributed by atoms with Crippen molar-refractivity contribution in [1.82, 2.24) is 0 Å². The Bertz CT molecular complexity index is 343. The first-order valence-corrected chi connectivity index (χ1v) is 8.72. The molecule has 1 saturated heterocycles. The van der Waals surface area contributed by atoms with Crippen LogP contribution in [0.25, 0.3) is 0 Å². The summed E-state index contributed by atoms with van der Waals surface area (Å²) in [7, 11) is 0. The third-order valence-electron chi connectivity index (χ3n) is 2.80. The van der Waals surface area contributed by atoms with Gasteiger partial charge in [-0.25, -0.2) is 0 Å². The predicted molar refractivity (Wildman–Crippen MR) is 86.0 cm³/mol. The van der Waals surface area contributed by atoms with Crippen molar-refractivity contribution in [3.63, 3.8) is 0 Å². The van der Waals surface area contributed by atoms with Crippen LogP contribution in [-0.2, 0) is 8.92 Å². The second-order valence-electron chi connectivity index (χ2n) is 4.29. The van der Waals surface area contributed by atoms with Crippen LogP contribution in [0.1, 0.15) is 32.3 Å². The van der Waals surface area contributed by atoms with Gasteiger partial charge in [-0.15, -0.1) is 0 Å². The highest BCUT2D eigenvalue weighted by molar-refractivity contribution is 9.09. The Labute approximate surface area is 129 Å². The summed E-state index contributed by atoms with van der Waals surface area (Å²) in [6.45, 7) is 6.75. The Morgan fingerprint density at radius 2 is 1.84 bits per heavy atom. The third kappa shape index (κ3) is 6.30. The van der Waals surface area contributed by atoms with Gasteiger partial charge < -0.3 is 8.92 Å². The van der Waals surface area contributed by atoms with Crippen molar-refractivity contribution in [2.45, 2.75) is 50.7 Å². The van der Waals surface area contributed by atoms with Crippen LogP contribution in [0.4, 0.5) is 0 Å². The Morgan fingerprint density at radius 1 is 1.21 bits per heavy atom. The number of hydrogen-bond acceptors (Lipinski definition) is 3. The fraction of sp³-hybridized carbons (Fsp3) is 0.600. The van der Waals surface area contributed by atoms with Gasteiger partial charge in [0.1, 0.15) is 0 Å². The summed E-state index contributed by atoms with van der Waals surface area (Å²) < 4.78 is 11.4. The summed E-state index contributed by atoms with van der Waals surface area (Å²) in [5.41, 5.74) is 1.27. The molecule has 0 aliphatic carbocycles. The van der Waals surface area contributed by atoms with Crippen molar-refractivity contribution in [1.29, 1.82) is 0 Å². The summed E-state index contributed by atoms with van der Waals surface area (Å²) in [4.78, 5) is 1.14. The van der Waals surface area contributed by atoms with Crippen molar-refractivity contribution < 1.29 is 8.92 Å². The van der Waals surface area contributed by atoms with E-state index in [0.717, 1.165) is 23.1 Å². The van der Waals surface area contributed by atoms with Crippen LogP contribution in [0, 0.1) is 6.92 Å². The highest BCUT2D eigenvalue weighted by Crippen LogP contribution is 2.25. The fourth-order valence-corrected chi connectivity index (χ4v) is 2.87. The van der Waals surface area contributed by atoms with E-state index in [0.29, 0.717) is 12.7 Å². The molecule has 19 heavy (non-hydrogen) atoms. The quantitative estimate of drug-likeness (QED) is 0.552. The maximum absolute atomic E-state index is 5.78. The molecule has 2 unspecified atom stereocenters. The number of aryl methyl sites for hydroxylation is 1. The van der Waals surface area contributed by atoms with Crippen molar-refractivity contribution in [3.05, 3.63) is 29.8 Å². The van der Waals surface area contributed by atoms with Crippen LogP contribution >= 0.6 is 28.0 Å². The van der Waals surface area contributed by atoms with E-state index >= 15 is 0 Å². The maximum atomic E-state index is 5.78. The highest BCUT2D eigenvalue weighted by atomic mass is 79.9. The summed E-state index contributed by atoms with van der Waals surface area (Å²) in [6.07, 6.45) is 2.86. The minimum Gasteiger partial charge on any atom is -0.372 e. The van der Waals surface area contributed by atoms with Gasteiger partial charge in [-0.05, 0) is 31.9 Å². The molecule has 2 atom stereocenters. The van der Waals surface area contributed by atoms with Crippen LogP contribution in [-0.4, -0.2) is 24.1 Å². The molecule has 1 aromatic carbocycles. The Balaban J connectivity index is 0.000000861. The standard InChI is InChI=1S/C13H17BrO2S.C2H6/c1-10-2-6-13(7-3-10)17-15-9-12-5-4-11(8-14)16-12;1-2/h2-3,6-7,11-12H,4-5,8-9H2,1H3;1-2H3. The van der Waals surface area contributed by atoms with Crippen LogP contribution in [0.5, 0.6) is 0 Å². The molecule has 0 aromatic heterocycles. The van der Waals surface area contributed by atoms with Gasteiger partial charge in [0.05, 0.1) is 18.8 Å². The number of hydrogen-bond donors (Lipinski definition) is 0.